The second-order valence-electron chi connectivity index (χ2n) is 4.02. The van der Waals surface area contributed by atoms with Gasteiger partial charge in [0.1, 0.15) is 5.69 Å². The summed E-state index contributed by atoms with van der Waals surface area (Å²) in [5.74, 6) is 0.179. The number of carbonyl (C=O) groups is 1. The number of Topliss-reactive ketones (excluding diaryl/α,β-unsaturated/α-hetero) is 1. The average molecular weight is 180 g/mol. The molecule has 0 spiro atoms. The molecule has 0 bridgehead atoms. The van der Waals surface area contributed by atoms with Crippen LogP contribution in [0.2, 0.25) is 0 Å². The molecule has 1 aliphatic carbocycles. The molecule has 0 aliphatic heterocycles. The lowest BCUT2D eigenvalue weighted by Crippen LogP contribution is -2.25. The van der Waals surface area contributed by atoms with Crippen molar-refractivity contribution in [2.75, 3.05) is 0 Å². The molecule has 0 saturated carbocycles. The quantitative estimate of drug-likeness (QED) is 0.612. The number of nitrogens with zero attached hydrogens (tertiary/aromatic N) is 1. The number of ketones is 1. The molecule has 0 amide bonds. The number of hydrogen-bond donors (Lipinski definition) is 0. The first kappa shape index (κ1) is 7.92. The zero-order valence-electron chi connectivity index (χ0n) is 7.18. The smallest absolute Gasteiger partial charge is 0.182 e. The monoisotopic (exact) mass is 180 g/mol. The van der Waals surface area contributed by atoms with Crippen LogP contribution in [0.15, 0.2) is 0 Å². The Morgan fingerprint density at radius 2 is 2.25 bits per heavy atom. The first-order valence-electron chi connectivity index (χ1n) is 3.97. The highest BCUT2D eigenvalue weighted by molar-refractivity contribution is 7.09. The van der Waals surface area contributed by atoms with Crippen LogP contribution in [0.4, 0.5) is 0 Å². The zero-order chi connectivity index (χ0) is 8.77. The summed E-state index contributed by atoms with van der Waals surface area (Å²) in [6.07, 6.45) is 1.59. The van der Waals surface area contributed by atoms with Gasteiger partial charge in [0.15, 0.2) is 11.3 Å². The lowest BCUT2D eigenvalue weighted by atomic mass is 9.78. The summed E-state index contributed by atoms with van der Waals surface area (Å²) in [4.78, 5) is 16.5. The standard InChI is InChI=1S/C9H10NOS/c1-9(2)3-6(11)8-7(4-9)12-5-10-8/h3-4H2,1-2H3. The molecule has 0 N–H and O–H groups in total. The van der Waals surface area contributed by atoms with Gasteiger partial charge in [0.2, 0.25) is 0 Å². The Bertz CT molecular complexity index is 327. The predicted molar refractivity (Wildman–Crippen MR) is 47.4 cm³/mol. The third-order valence-corrected chi connectivity index (χ3v) is 2.90. The molecule has 1 aliphatic rings. The number of rotatable bonds is 0. The van der Waals surface area contributed by atoms with Crippen LogP contribution >= 0.6 is 11.3 Å². The van der Waals surface area contributed by atoms with Crippen molar-refractivity contribution in [3.8, 4) is 0 Å². The zero-order valence-corrected chi connectivity index (χ0v) is 7.99. The predicted octanol–water partition coefficient (Wildman–Crippen LogP) is 2.10. The fourth-order valence-electron chi connectivity index (χ4n) is 1.59. The molecule has 63 valence electrons. The molecule has 0 aromatic carbocycles. The first-order valence-corrected chi connectivity index (χ1v) is 4.79. The van der Waals surface area contributed by atoms with Gasteiger partial charge in [0.05, 0.1) is 0 Å². The maximum absolute atomic E-state index is 11.5. The van der Waals surface area contributed by atoms with E-state index in [1.54, 1.807) is 0 Å². The minimum Gasteiger partial charge on any atom is -0.292 e. The molecule has 0 unspecified atom stereocenters. The van der Waals surface area contributed by atoms with E-state index in [1.807, 2.05) is 0 Å². The third-order valence-electron chi connectivity index (χ3n) is 2.13. The van der Waals surface area contributed by atoms with Gasteiger partial charge in [-0.05, 0) is 11.8 Å². The molecule has 0 fully saturated rings. The second-order valence-corrected chi connectivity index (χ2v) is 4.90. The van der Waals surface area contributed by atoms with Crippen molar-refractivity contribution in [1.29, 1.82) is 0 Å². The van der Waals surface area contributed by atoms with Gasteiger partial charge in [-0.2, -0.15) is 0 Å². The summed E-state index contributed by atoms with van der Waals surface area (Å²) in [7, 11) is 0. The topological polar surface area (TPSA) is 30.0 Å². The van der Waals surface area contributed by atoms with E-state index in [1.165, 1.54) is 11.3 Å². The van der Waals surface area contributed by atoms with E-state index in [0.29, 0.717) is 12.1 Å². The Morgan fingerprint density at radius 3 is 3.00 bits per heavy atom. The number of aromatic nitrogens is 1. The summed E-state index contributed by atoms with van der Waals surface area (Å²) < 4.78 is 0. The van der Waals surface area contributed by atoms with E-state index < -0.39 is 0 Å². The Morgan fingerprint density at radius 1 is 1.50 bits per heavy atom. The van der Waals surface area contributed by atoms with E-state index in [9.17, 15) is 4.79 Å². The summed E-state index contributed by atoms with van der Waals surface area (Å²) in [6.45, 7) is 4.24. The van der Waals surface area contributed by atoms with E-state index in [4.69, 9.17) is 0 Å². The fraction of sp³-hybridized carbons (Fsp3) is 0.556. The van der Waals surface area contributed by atoms with Gasteiger partial charge in [-0.25, -0.2) is 4.98 Å². The molecule has 0 atom stereocenters. The van der Waals surface area contributed by atoms with Crippen LogP contribution in [-0.2, 0) is 6.42 Å². The van der Waals surface area contributed by atoms with Crippen molar-refractivity contribution in [2.45, 2.75) is 26.7 Å². The molecular formula is C9H10NOS. The van der Waals surface area contributed by atoms with Crippen molar-refractivity contribution in [3.63, 3.8) is 0 Å². The minimum atomic E-state index is 0.116. The van der Waals surface area contributed by atoms with Gasteiger partial charge in [0.25, 0.3) is 0 Å². The molecule has 12 heavy (non-hydrogen) atoms. The van der Waals surface area contributed by atoms with Crippen LogP contribution in [0, 0.1) is 10.9 Å². The summed E-state index contributed by atoms with van der Waals surface area (Å²) >= 11 is 1.47. The maximum Gasteiger partial charge on any atom is 0.182 e. The van der Waals surface area contributed by atoms with Gasteiger partial charge in [0, 0.05) is 11.3 Å². The van der Waals surface area contributed by atoms with Crippen molar-refractivity contribution in [2.24, 2.45) is 5.41 Å². The van der Waals surface area contributed by atoms with E-state index in [0.717, 1.165) is 11.3 Å². The Balaban J connectivity index is 2.45. The van der Waals surface area contributed by atoms with E-state index in [2.05, 4.69) is 24.3 Å². The molecule has 2 rings (SSSR count). The van der Waals surface area contributed by atoms with Gasteiger partial charge < -0.3 is 0 Å². The van der Waals surface area contributed by atoms with Crippen molar-refractivity contribution < 1.29 is 4.79 Å². The van der Waals surface area contributed by atoms with Crippen molar-refractivity contribution in [1.82, 2.24) is 4.98 Å². The minimum absolute atomic E-state index is 0.116. The maximum atomic E-state index is 11.5. The highest BCUT2D eigenvalue weighted by atomic mass is 32.1. The largest absolute Gasteiger partial charge is 0.292 e. The highest BCUT2D eigenvalue weighted by Crippen LogP contribution is 2.35. The lowest BCUT2D eigenvalue weighted by Gasteiger charge is -2.26. The van der Waals surface area contributed by atoms with Crippen LogP contribution in [-0.4, -0.2) is 10.8 Å². The van der Waals surface area contributed by atoms with Crippen molar-refractivity contribution >= 4 is 17.1 Å². The molecular weight excluding hydrogens is 170 g/mol. The Hall–Kier alpha value is -0.700. The molecule has 0 saturated heterocycles. The van der Waals surface area contributed by atoms with Crippen molar-refractivity contribution in [3.05, 3.63) is 16.1 Å². The van der Waals surface area contributed by atoms with Gasteiger partial charge >= 0.3 is 0 Å². The van der Waals surface area contributed by atoms with E-state index in [-0.39, 0.29) is 11.2 Å². The number of fused-ring (bicyclic) bond motifs is 1. The van der Waals surface area contributed by atoms with Gasteiger partial charge in [-0.3, -0.25) is 4.79 Å². The Kier molecular flexibility index (Phi) is 1.58. The summed E-state index contributed by atoms with van der Waals surface area (Å²) in [5.41, 5.74) is 3.56. The van der Waals surface area contributed by atoms with E-state index >= 15 is 0 Å². The third kappa shape index (κ3) is 1.18. The highest BCUT2D eigenvalue weighted by Gasteiger charge is 2.32. The molecule has 3 heteroatoms. The average Bonchev–Trinajstić information content (AvgIpc) is 2.31. The number of hydrogen-bond acceptors (Lipinski definition) is 3. The molecule has 1 heterocycles. The second kappa shape index (κ2) is 2.39. The molecule has 1 aromatic heterocycles. The van der Waals surface area contributed by atoms with Crippen LogP contribution in [0.5, 0.6) is 0 Å². The number of thiazole rings is 1. The normalized spacial score (nSPS) is 20.7. The Labute approximate surface area is 75.6 Å². The van der Waals surface area contributed by atoms with Gasteiger partial charge in [-0.15, -0.1) is 11.3 Å². The van der Waals surface area contributed by atoms with Gasteiger partial charge in [-0.1, -0.05) is 13.8 Å². The van der Waals surface area contributed by atoms with Crippen LogP contribution in [0.25, 0.3) is 0 Å². The SMILES string of the molecule is CC1(C)CC(=O)c2n[c]sc2C1. The lowest BCUT2D eigenvalue weighted by molar-refractivity contribution is 0.0909. The molecule has 1 radical (unpaired) electrons. The molecule has 2 nitrogen and oxygen atoms in total. The first-order chi connectivity index (χ1) is 5.58. The fourth-order valence-corrected chi connectivity index (χ4v) is 2.55. The number of carbonyl (C=O) groups excluding carboxylic acids is 1. The summed E-state index contributed by atoms with van der Waals surface area (Å²) in [6, 6.07) is 0. The van der Waals surface area contributed by atoms with Crippen LogP contribution in [0.1, 0.15) is 35.6 Å². The van der Waals surface area contributed by atoms with Crippen LogP contribution < -0.4 is 0 Å². The summed E-state index contributed by atoms with van der Waals surface area (Å²) in [5, 5.41) is 0. The molecule has 1 aromatic rings. The van der Waals surface area contributed by atoms with Crippen LogP contribution in [0.3, 0.4) is 0 Å².